The Hall–Kier alpha value is -2.10. The lowest BCUT2D eigenvalue weighted by Crippen LogP contribution is -2.21. The van der Waals surface area contributed by atoms with E-state index in [2.05, 4.69) is 0 Å². The second-order valence-electron chi connectivity index (χ2n) is 5.92. The first-order chi connectivity index (χ1) is 10.0. The molecule has 2 aromatic rings. The van der Waals surface area contributed by atoms with E-state index in [0.717, 1.165) is 0 Å². The summed E-state index contributed by atoms with van der Waals surface area (Å²) >= 11 is 0. The third-order valence-electron chi connectivity index (χ3n) is 5.03. The average molecular weight is 288 g/mol. The number of rotatable bonds is 0. The molecule has 0 unspecified atom stereocenters. The van der Waals surface area contributed by atoms with Crippen molar-refractivity contribution in [3.63, 3.8) is 0 Å². The molecule has 1 spiro atoms. The lowest BCUT2D eigenvalue weighted by atomic mass is 9.76. The molecule has 4 heteroatoms. The molecule has 2 N–H and O–H groups in total. The van der Waals surface area contributed by atoms with Crippen LogP contribution < -0.4 is 0 Å². The second-order valence-corrected chi connectivity index (χ2v) is 5.92. The third kappa shape index (κ3) is 1.45. The fourth-order valence-electron chi connectivity index (χ4n) is 4.20. The van der Waals surface area contributed by atoms with E-state index in [1.54, 1.807) is 0 Å². The first-order valence-electron chi connectivity index (χ1n) is 7.06. The Morgan fingerprint density at radius 3 is 1.62 bits per heavy atom. The zero-order chi connectivity index (χ0) is 14.8. The first kappa shape index (κ1) is 12.6. The van der Waals surface area contributed by atoms with Crippen molar-refractivity contribution in [1.29, 1.82) is 0 Å². The third-order valence-corrected chi connectivity index (χ3v) is 5.03. The minimum Gasteiger partial charge on any atom is -0.508 e. The van der Waals surface area contributed by atoms with Crippen LogP contribution >= 0.6 is 0 Å². The SMILES string of the molecule is Oc1ccc(F)c2c1C1(CC2)CCc2c(F)ccc(O)c21. The van der Waals surface area contributed by atoms with Crippen molar-refractivity contribution in [3.8, 4) is 11.5 Å². The van der Waals surface area contributed by atoms with Crippen LogP contribution in [0.2, 0.25) is 0 Å². The summed E-state index contributed by atoms with van der Waals surface area (Å²) in [6.07, 6.45) is 2.15. The van der Waals surface area contributed by atoms with E-state index >= 15 is 0 Å². The Labute approximate surface area is 120 Å². The zero-order valence-electron chi connectivity index (χ0n) is 11.3. The summed E-state index contributed by atoms with van der Waals surface area (Å²) in [4.78, 5) is 0. The standard InChI is InChI=1S/C17H14F2O2/c18-11-1-3-13(20)15-9(11)5-7-17(15)8-6-10-12(19)2-4-14(21)16(10)17/h1-4,20-21H,5-8H2. The fraction of sp³-hybridized carbons (Fsp3) is 0.294. The molecule has 0 saturated heterocycles. The van der Waals surface area contributed by atoms with Gasteiger partial charge in [0.1, 0.15) is 23.1 Å². The molecule has 0 aromatic heterocycles. The van der Waals surface area contributed by atoms with E-state index in [1.807, 2.05) is 0 Å². The largest absolute Gasteiger partial charge is 0.508 e. The number of halogens is 2. The van der Waals surface area contributed by atoms with Gasteiger partial charge in [0.2, 0.25) is 0 Å². The van der Waals surface area contributed by atoms with Gasteiger partial charge in [0.05, 0.1) is 0 Å². The van der Waals surface area contributed by atoms with Gasteiger partial charge in [0.25, 0.3) is 0 Å². The fourth-order valence-corrected chi connectivity index (χ4v) is 4.20. The predicted octanol–water partition coefficient (Wildman–Crippen LogP) is 3.55. The zero-order valence-corrected chi connectivity index (χ0v) is 11.3. The minimum atomic E-state index is -0.664. The lowest BCUT2D eigenvalue weighted by molar-refractivity contribution is 0.415. The maximum atomic E-state index is 14.0. The van der Waals surface area contributed by atoms with Crippen LogP contribution in [0.25, 0.3) is 0 Å². The van der Waals surface area contributed by atoms with E-state index in [1.165, 1.54) is 24.3 Å². The summed E-state index contributed by atoms with van der Waals surface area (Å²) in [6, 6.07) is 5.20. The number of benzene rings is 2. The molecule has 0 radical (unpaired) electrons. The molecular weight excluding hydrogens is 274 g/mol. The van der Waals surface area contributed by atoms with Crippen LogP contribution in [-0.4, -0.2) is 10.2 Å². The van der Waals surface area contributed by atoms with Gasteiger partial charge in [-0.1, -0.05) is 0 Å². The van der Waals surface area contributed by atoms with Crippen molar-refractivity contribution >= 4 is 0 Å². The Balaban J connectivity index is 2.05. The minimum absolute atomic E-state index is 0.0282. The number of aromatic hydroxyl groups is 2. The molecule has 0 atom stereocenters. The van der Waals surface area contributed by atoms with Gasteiger partial charge in [-0.15, -0.1) is 0 Å². The van der Waals surface area contributed by atoms with Gasteiger partial charge in [-0.2, -0.15) is 0 Å². The van der Waals surface area contributed by atoms with Gasteiger partial charge >= 0.3 is 0 Å². The molecule has 2 aliphatic carbocycles. The maximum Gasteiger partial charge on any atom is 0.126 e. The van der Waals surface area contributed by atoms with Crippen LogP contribution in [0.3, 0.4) is 0 Å². The predicted molar refractivity (Wildman–Crippen MR) is 73.6 cm³/mol. The Morgan fingerprint density at radius 2 is 1.19 bits per heavy atom. The maximum absolute atomic E-state index is 14.0. The van der Waals surface area contributed by atoms with Crippen molar-refractivity contribution in [3.05, 3.63) is 58.2 Å². The summed E-state index contributed by atoms with van der Waals surface area (Å²) in [5.74, 6) is -0.631. The van der Waals surface area contributed by atoms with Gasteiger partial charge in [-0.05, 0) is 61.1 Å². The van der Waals surface area contributed by atoms with E-state index in [9.17, 15) is 19.0 Å². The number of hydrogen-bond donors (Lipinski definition) is 2. The van der Waals surface area contributed by atoms with Crippen molar-refractivity contribution in [2.24, 2.45) is 0 Å². The molecule has 0 aliphatic heterocycles. The number of phenolic OH excluding ortho intramolecular Hbond substituents is 2. The Bertz CT molecular complexity index is 702. The van der Waals surface area contributed by atoms with Crippen LogP contribution in [-0.2, 0) is 18.3 Å². The molecule has 4 rings (SSSR count). The normalized spacial score (nSPS) is 18.0. The number of fused-ring (bicyclic) bond motifs is 4. The van der Waals surface area contributed by atoms with Crippen molar-refractivity contribution < 1.29 is 19.0 Å². The first-order valence-corrected chi connectivity index (χ1v) is 7.06. The summed E-state index contributed by atoms with van der Waals surface area (Å²) in [6.45, 7) is 0. The van der Waals surface area contributed by atoms with Crippen molar-refractivity contribution in [1.82, 2.24) is 0 Å². The monoisotopic (exact) mass is 288 g/mol. The quantitative estimate of drug-likeness (QED) is 0.778. The molecule has 0 saturated carbocycles. The molecule has 2 aliphatic rings. The molecule has 2 nitrogen and oxygen atoms in total. The van der Waals surface area contributed by atoms with E-state index in [0.29, 0.717) is 47.9 Å². The second kappa shape index (κ2) is 3.97. The summed E-state index contributed by atoms with van der Waals surface area (Å²) in [5.41, 5.74) is 1.38. The molecule has 0 heterocycles. The van der Waals surface area contributed by atoms with Crippen LogP contribution in [0.15, 0.2) is 24.3 Å². The highest BCUT2D eigenvalue weighted by molar-refractivity contribution is 5.62. The highest BCUT2D eigenvalue weighted by atomic mass is 19.1. The van der Waals surface area contributed by atoms with Gasteiger partial charge in [0, 0.05) is 16.5 Å². The van der Waals surface area contributed by atoms with Gasteiger partial charge < -0.3 is 10.2 Å². The smallest absolute Gasteiger partial charge is 0.126 e. The molecular formula is C17H14F2O2. The number of phenols is 2. The van der Waals surface area contributed by atoms with Crippen LogP contribution in [0, 0.1) is 11.6 Å². The van der Waals surface area contributed by atoms with Gasteiger partial charge in [-0.3, -0.25) is 0 Å². The topological polar surface area (TPSA) is 40.5 Å². The van der Waals surface area contributed by atoms with Crippen molar-refractivity contribution in [2.45, 2.75) is 31.1 Å². The van der Waals surface area contributed by atoms with Crippen molar-refractivity contribution in [2.75, 3.05) is 0 Å². The average Bonchev–Trinajstić information content (AvgIpc) is 3.04. The van der Waals surface area contributed by atoms with E-state index < -0.39 is 5.41 Å². The summed E-state index contributed by atoms with van der Waals surface area (Å²) in [5, 5.41) is 20.5. The van der Waals surface area contributed by atoms with E-state index in [-0.39, 0.29) is 23.1 Å². The summed E-state index contributed by atoms with van der Waals surface area (Å²) < 4.78 is 28.0. The van der Waals surface area contributed by atoms with Crippen LogP contribution in [0.4, 0.5) is 8.78 Å². The lowest BCUT2D eigenvalue weighted by Gasteiger charge is -2.27. The Morgan fingerprint density at radius 1 is 0.762 bits per heavy atom. The highest BCUT2D eigenvalue weighted by Gasteiger charge is 2.49. The molecule has 0 fully saturated rings. The van der Waals surface area contributed by atoms with E-state index in [4.69, 9.17) is 0 Å². The molecule has 0 amide bonds. The van der Waals surface area contributed by atoms with Crippen LogP contribution in [0.5, 0.6) is 11.5 Å². The Kier molecular flexibility index (Phi) is 2.39. The molecule has 21 heavy (non-hydrogen) atoms. The van der Waals surface area contributed by atoms with Crippen LogP contribution in [0.1, 0.15) is 35.1 Å². The highest BCUT2D eigenvalue weighted by Crippen LogP contribution is 2.57. The van der Waals surface area contributed by atoms with Gasteiger partial charge in [0.15, 0.2) is 0 Å². The summed E-state index contributed by atoms with van der Waals surface area (Å²) in [7, 11) is 0. The molecule has 0 bridgehead atoms. The molecule has 2 aromatic carbocycles. The molecule has 108 valence electrons. The van der Waals surface area contributed by atoms with Gasteiger partial charge in [-0.25, -0.2) is 8.78 Å². The number of hydrogen-bond acceptors (Lipinski definition) is 2.